The second-order valence-corrected chi connectivity index (χ2v) is 3.60. The molecular weight excluding hydrogens is 196 g/mol. The molecule has 0 aromatic carbocycles. The normalized spacial score (nSPS) is 21.1. The molecule has 80 valence electrons. The molecule has 6 heteroatoms. The van der Waals surface area contributed by atoms with Gasteiger partial charge in [-0.25, -0.2) is 0 Å². The Kier molecular flexibility index (Phi) is 2.84. The molecule has 2 rings (SSSR count). The SMILES string of the molecule is O=C1CCCC(=O)N1CCC1=NN=NC1. The standard InChI is InChI=1S/C9H12N4O2/c14-8-2-1-3-9(15)13(8)5-4-7-6-10-12-11-7/h1-6H2. The maximum Gasteiger partial charge on any atom is 0.229 e. The van der Waals surface area contributed by atoms with Crippen molar-refractivity contribution in [2.24, 2.45) is 15.4 Å². The molecule has 0 bridgehead atoms. The number of rotatable bonds is 3. The topological polar surface area (TPSA) is 74.5 Å². The zero-order valence-corrected chi connectivity index (χ0v) is 8.35. The first-order valence-electron chi connectivity index (χ1n) is 5.03. The molecule has 2 amide bonds. The van der Waals surface area contributed by atoms with Gasteiger partial charge in [-0.15, -0.1) is 5.10 Å². The molecule has 0 aliphatic carbocycles. The second kappa shape index (κ2) is 4.29. The highest BCUT2D eigenvalue weighted by Crippen LogP contribution is 2.13. The number of carbonyl (C=O) groups is 2. The molecule has 2 aliphatic rings. The zero-order valence-electron chi connectivity index (χ0n) is 8.35. The lowest BCUT2D eigenvalue weighted by molar-refractivity contribution is -0.147. The smallest absolute Gasteiger partial charge is 0.229 e. The summed E-state index contributed by atoms with van der Waals surface area (Å²) in [6.07, 6.45) is 2.23. The maximum absolute atomic E-state index is 11.4. The number of amides is 2. The second-order valence-electron chi connectivity index (χ2n) is 3.60. The van der Waals surface area contributed by atoms with Crippen molar-refractivity contribution in [2.75, 3.05) is 13.1 Å². The highest BCUT2D eigenvalue weighted by atomic mass is 16.2. The van der Waals surface area contributed by atoms with E-state index in [0.717, 1.165) is 5.71 Å². The van der Waals surface area contributed by atoms with Gasteiger partial charge in [0.25, 0.3) is 0 Å². The molecule has 1 fully saturated rings. The Labute approximate surface area is 87.0 Å². The quantitative estimate of drug-likeness (QED) is 0.641. The van der Waals surface area contributed by atoms with Crippen LogP contribution in [0.5, 0.6) is 0 Å². The zero-order chi connectivity index (χ0) is 10.7. The van der Waals surface area contributed by atoms with E-state index in [0.29, 0.717) is 38.8 Å². The molecule has 0 spiro atoms. The van der Waals surface area contributed by atoms with Crippen molar-refractivity contribution < 1.29 is 9.59 Å². The Morgan fingerprint density at radius 1 is 1.20 bits per heavy atom. The highest BCUT2D eigenvalue weighted by molar-refractivity contribution is 5.98. The molecule has 0 unspecified atom stereocenters. The van der Waals surface area contributed by atoms with Crippen molar-refractivity contribution in [1.82, 2.24) is 4.90 Å². The van der Waals surface area contributed by atoms with Crippen molar-refractivity contribution in [2.45, 2.75) is 25.7 Å². The third-order valence-electron chi connectivity index (χ3n) is 2.51. The van der Waals surface area contributed by atoms with Gasteiger partial charge in [0.05, 0.1) is 5.71 Å². The Balaban J connectivity index is 1.87. The highest BCUT2D eigenvalue weighted by Gasteiger charge is 2.25. The largest absolute Gasteiger partial charge is 0.282 e. The van der Waals surface area contributed by atoms with Crippen LogP contribution in [0.25, 0.3) is 0 Å². The first-order valence-corrected chi connectivity index (χ1v) is 5.03. The number of likely N-dealkylation sites (tertiary alicyclic amines) is 1. The van der Waals surface area contributed by atoms with Gasteiger partial charge >= 0.3 is 0 Å². The molecule has 0 saturated carbocycles. The Morgan fingerprint density at radius 2 is 1.93 bits per heavy atom. The van der Waals surface area contributed by atoms with Gasteiger partial charge in [0.2, 0.25) is 11.8 Å². The first kappa shape index (κ1) is 9.95. The summed E-state index contributed by atoms with van der Waals surface area (Å²) in [4.78, 5) is 24.2. The van der Waals surface area contributed by atoms with Gasteiger partial charge in [0.15, 0.2) is 0 Å². The average Bonchev–Trinajstić information content (AvgIpc) is 2.70. The van der Waals surface area contributed by atoms with Crippen molar-refractivity contribution in [3.05, 3.63) is 0 Å². The van der Waals surface area contributed by atoms with Gasteiger partial charge in [-0.1, -0.05) is 0 Å². The van der Waals surface area contributed by atoms with Gasteiger partial charge in [-0.3, -0.25) is 14.5 Å². The maximum atomic E-state index is 11.4. The summed E-state index contributed by atoms with van der Waals surface area (Å²) in [6.45, 7) is 0.914. The first-order chi connectivity index (χ1) is 7.27. The summed E-state index contributed by atoms with van der Waals surface area (Å²) in [5, 5.41) is 11.0. The van der Waals surface area contributed by atoms with Crippen LogP contribution < -0.4 is 0 Å². The van der Waals surface area contributed by atoms with Crippen molar-refractivity contribution in [1.29, 1.82) is 0 Å². The molecule has 1 saturated heterocycles. The molecule has 6 nitrogen and oxygen atoms in total. The van der Waals surface area contributed by atoms with E-state index in [4.69, 9.17) is 0 Å². The lowest BCUT2D eigenvalue weighted by Gasteiger charge is -2.24. The van der Waals surface area contributed by atoms with Crippen molar-refractivity contribution >= 4 is 17.5 Å². The predicted octanol–water partition coefficient (Wildman–Crippen LogP) is 0.737. The molecule has 0 radical (unpaired) electrons. The third kappa shape index (κ3) is 2.26. The predicted molar refractivity (Wildman–Crippen MR) is 52.3 cm³/mol. The minimum Gasteiger partial charge on any atom is -0.282 e. The van der Waals surface area contributed by atoms with Crippen LogP contribution in [0.2, 0.25) is 0 Å². The van der Waals surface area contributed by atoms with Crippen LogP contribution in [0.1, 0.15) is 25.7 Å². The fourth-order valence-corrected chi connectivity index (χ4v) is 1.66. The number of hydrogen-bond donors (Lipinski definition) is 0. The van der Waals surface area contributed by atoms with E-state index in [2.05, 4.69) is 15.4 Å². The summed E-state index contributed by atoms with van der Waals surface area (Å²) >= 11 is 0. The number of imide groups is 1. The minimum atomic E-state index is -0.0706. The monoisotopic (exact) mass is 208 g/mol. The van der Waals surface area contributed by atoms with E-state index in [9.17, 15) is 9.59 Å². The van der Waals surface area contributed by atoms with Crippen LogP contribution >= 0.6 is 0 Å². The van der Waals surface area contributed by atoms with Gasteiger partial charge in [0.1, 0.15) is 6.54 Å². The van der Waals surface area contributed by atoms with Crippen LogP contribution in [0.4, 0.5) is 0 Å². The van der Waals surface area contributed by atoms with Crippen LogP contribution in [0, 0.1) is 0 Å². The molecule has 0 N–H and O–H groups in total. The third-order valence-corrected chi connectivity index (χ3v) is 2.51. The van der Waals surface area contributed by atoms with E-state index in [1.165, 1.54) is 4.90 Å². The Hall–Kier alpha value is -1.59. The van der Waals surface area contributed by atoms with E-state index >= 15 is 0 Å². The Morgan fingerprint density at radius 3 is 2.53 bits per heavy atom. The van der Waals surface area contributed by atoms with E-state index in [-0.39, 0.29) is 11.8 Å². The van der Waals surface area contributed by atoms with Gasteiger partial charge in [-0.05, 0) is 11.6 Å². The van der Waals surface area contributed by atoms with Crippen molar-refractivity contribution in [3.63, 3.8) is 0 Å². The number of hydrogen-bond acceptors (Lipinski definition) is 5. The number of piperidine rings is 1. The molecule has 2 aliphatic heterocycles. The van der Waals surface area contributed by atoms with Crippen LogP contribution in [-0.2, 0) is 9.59 Å². The fraction of sp³-hybridized carbons (Fsp3) is 0.667. The molecule has 0 atom stereocenters. The number of nitrogens with zero attached hydrogens (tertiary/aromatic N) is 4. The van der Waals surface area contributed by atoms with Crippen molar-refractivity contribution in [3.8, 4) is 0 Å². The van der Waals surface area contributed by atoms with Gasteiger partial charge in [0, 0.05) is 25.8 Å². The van der Waals surface area contributed by atoms with Gasteiger partial charge < -0.3 is 0 Å². The summed E-state index contributed by atoms with van der Waals surface area (Å²) in [5.74, 6) is -0.141. The summed E-state index contributed by atoms with van der Waals surface area (Å²) in [7, 11) is 0. The Bertz CT molecular complexity index is 332. The van der Waals surface area contributed by atoms with Crippen LogP contribution in [-0.4, -0.2) is 35.5 Å². The molecule has 0 aromatic rings. The molecule has 0 aromatic heterocycles. The lowest BCUT2D eigenvalue weighted by Crippen LogP contribution is -2.41. The minimum absolute atomic E-state index is 0.0706. The van der Waals surface area contributed by atoms with Crippen LogP contribution in [0.3, 0.4) is 0 Å². The summed E-state index contributed by atoms with van der Waals surface area (Å²) in [6, 6.07) is 0. The van der Waals surface area contributed by atoms with E-state index in [1.54, 1.807) is 0 Å². The van der Waals surface area contributed by atoms with Gasteiger partial charge in [-0.2, -0.15) is 5.11 Å². The van der Waals surface area contributed by atoms with Crippen LogP contribution in [0.15, 0.2) is 15.4 Å². The fourth-order valence-electron chi connectivity index (χ4n) is 1.66. The molecular formula is C9H12N4O2. The summed E-state index contributed by atoms with van der Waals surface area (Å²) in [5.41, 5.74) is 0.834. The molecule has 2 heterocycles. The lowest BCUT2D eigenvalue weighted by atomic mass is 10.1. The molecule has 15 heavy (non-hydrogen) atoms. The van der Waals surface area contributed by atoms with E-state index < -0.39 is 0 Å². The average molecular weight is 208 g/mol. The van der Waals surface area contributed by atoms with E-state index in [1.807, 2.05) is 0 Å². The summed E-state index contributed by atoms with van der Waals surface area (Å²) < 4.78 is 0. The number of carbonyl (C=O) groups excluding carboxylic acids is 2.